The Morgan fingerprint density at radius 2 is 1.81 bits per heavy atom. The second kappa shape index (κ2) is 6.16. The number of likely N-dealkylation sites (tertiary alicyclic amines) is 1. The Balaban J connectivity index is 1.83. The molecule has 0 saturated carbocycles. The first kappa shape index (κ1) is 15.4. The molecule has 1 saturated heterocycles. The molecule has 2 unspecified atom stereocenters. The average Bonchev–Trinajstić information content (AvgIpc) is 2.37. The van der Waals surface area contributed by atoms with Crippen LogP contribution in [0.5, 0.6) is 0 Å². The van der Waals surface area contributed by atoms with Gasteiger partial charge in [-0.05, 0) is 19.4 Å². The van der Waals surface area contributed by atoms with Crippen LogP contribution in [0.25, 0.3) is 0 Å². The number of hydrogen-bond donors (Lipinski definition) is 2. The third-order valence-corrected chi connectivity index (χ3v) is 4.21. The third kappa shape index (κ3) is 3.54. The smallest absolute Gasteiger partial charge is 0.317 e. The molecule has 2 rings (SSSR count). The molecule has 21 heavy (non-hydrogen) atoms. The Hall–Kier alpha value is -2.04. The first-order valence-electron chi connectivity index (χ1n) is 7.23. The van der Waals surface area contributed by atoms with Crippen LogP contribution in [0, 0.1) is 18.8 Å². The molecule has 1 heterocycles. The van der Waals surface area contributed by atoms with E-state index in [1.165, 1.54) is 5.56 Å². The summed E-state index contributed by atoms with van der Waals surface area (Å²) >= 11 is 0. The fourth-order valence-electron chi connectivity index (χ4n) is 2.41. The number of benzene rings is 1. The summed E-state index contributed by atoms with van der Waals surface area (Å²) in [5.74, 6) is -1.14. The average molecular weight is 290 g/mol. The molecule has 1 aromatic carbocycles. The van der Waals surface area contributed by atoms with Crippen molar-refractivity contribution in [2.45, 2.75) is 26.8 Å². The van der Waals surface area contributed by atoms with Crippen molar-refractivity contribution >= 4 is 12.0 Å². The van der Waals surface area contributed by atoms with Crippen molar-refractivity contribution < 1.29 is 14.7 Å². The molecule has 1 aliphatic heterocycles. The van der Waals surface area contributed by atoms with Crippen molar-refractivity contribution in [2.75, 3.05) is 13.1 Å². The molecule has 0 aliphatic carbocycles. The van der Waals surface area contributed by atoms with Gasteiger partial charge in [0.1, 0.15) is 0 Å². The minimum Gasteiger partial charge on any atom is -0.481 e. The summed E-state index contributed by atoms with van der Waals surface area (Å²) in [6.07, 6.45) is 0. The van der Waals surface area contributed by atoms with Crippen molar-refractivity contribution in [2.24, 2.45) is 11.8 Å². The quantitative estimate of drug-likeness (QED) is 0.894. The van der Waals surface area contributed by atoms with E-state index in [1.54, 1.807) is 11.8 Å². The number of carboxylic acids is 1. The molecule has 2 N–H and O–H groups in total. The second-order valence-electron chi connectivity index (χ2n) is 5.87. The molecule has 1 fully saturated rings. The number of aliphatic carboxylic acids is 1. The Bertz CT molecular complexity index is 521. The molecule has 114 valence electrons. The van der Waals surface area contributed by atoms with Crippen molar-refractivity contribution in [3.8, 4) is 0 Å². The molecule has 2 amide bonds. The van der Waals surface area contributed by atoms with Crippen LogP contribution in [-0.4, -0.2) is 35.1 Å². The van der Waals surface area contributed by atoms with Crippen molar-refractivity contribution in [3.63, 3.8) is 0 Å². The van der Waals surface area contributed by atoms with Gasteiger partial charge in [-0.2, -0.15) is 0 Å². The van der Waals surface area contributed by atoms with Gasteiger partial charge < -0.3 is 15.3 Å². The number of carboxylic acid groups (broad SMARTS) is 1. The maximum Gasteiger partial charge on any atom is 0.317 e. The summed E-state index contributed by atoms with van der Waals surface area (Å²) in [5.41, 5.74) is 2.25. The van der Waals surface area contributed by atoms with E-state index in [1.807, 2.05) is 38.1 Å². The summed E-state index contributed by atoms with van der Waals surface area (Å²) in [4.78, 5) is 24.6. The molecule has 0 radical (unpaired) electrons. The predicted molar refractivity (Wildman–Crippen MR) is 80.0 cm³/mol. The number of carbonyl (C=O) groups is 2. The van der Waals surface area contributed by atoms with Crippen molar-refractivity contribution in [1.29, 1.82) is 0 Å². The molecule has 5 nitrogen and oxygen atoms in total. The Morgan fingerprint density at radius 1 is 1.24 bits per heavy atom. The van der Waals surface area contributed by atoms with Crippen molar-refractivity contribution in [1.82, 2.24) is 10.2 Å². The van der Waals surface area contributed by atoms with Gasteiger partial charge in [0.25, 0.3) is 0 Å². The van der Waals surface area contributed by atoms with Gasteiger partial charge in [-0.3, -0.25) is 4.79 Å². The van der Waals surface area contributed by atoms with E-state index < -0.39 is 11.9 Å². The third-order valence-electron chi connectivity index (χ3n) is 4.21. The highest BCUT2D eigenvalue weighted by Gasteiger charge is 2.37. The van der Waals surface area contributed by atoms with Crippen LogP contribution in [-0.2, 0) is 4.79 Å². The highest BCUT2D eigenvalue weighted by Crippen LogP contribution is 2.24. The molecule has 0 bridgehead atoms. The highest BCUT2D eigenvalue weighted by atomic mass is 16.4. The molecule has 1 aliphatic rings. The lowest BCUT2D eigenvalue weighted by atomic mass is 9.87. The number of aryl methyl sites for hydroxylation is 1. The van der Waals surface area contributed by atoms with Crippen LogP contribution in [0.2, 0.25) is 0 Å². The predicted octanol–water partition coefficient (Wildman–Crippen LogP) is 2.42. The van der Waals surface area contributed by atoms with Gasteiger partial charge in [0.2, 0.25) is 0 Å². The van der Waals surface area contributed by atoms with Gasteiger partial charge in [-0.1, -0.05) is 36.8 Å². The summed E-state index contributed by atoms with van der Waals surface area (Å²) in [6, 6.07) is 7.86. The Labute approximate surface area is 125 Å². The molecule has 5 heteroatoms. The van der Waals surface area contributed by atoms with Crippen LogP contribution >= 0.6 is 0 Å². The lowest BCUT2D eigenvalue weighted by Gasteiger charge is -2.41. The van der Waals surface area contributed by atoms with E-state index in [0.717, 1.165) is 5.56 Å². The number of nitrogens with zero attached hydrogens (tertiary/aromatic N) is 1. The minimum atomic E-state index is -0.798. The first-order valence-corrected chi connectivity index (χ1v) is 7.23. The number of nitrogens with one attached hydrogen (secondary N) is 1. The fourth-order valence-corrected chi connectivity index (χ4v) is 2.41. The SMILES string of the molecule is Cc1ccc(C(C)NC(=O)N2CC(C(C)C(=O)O)C2)cc1. The van der Waals surface area contributed by atoms with Crippen LogP contribution in [0.15, 0.2) is 24.3 Å². The topological polar surface area (TPSA) is 69.6 Å². The molecular formula is C16H22N2O3. The van der Waals surface area contributed by atoms with Crippen LogP contribution in [0.4, 0.5) is 4.79 Å². The van der Waals surface area contributed by atoms with E-state index in [0.29, 0.717) is 13.1 Å². The summed E-state index contributed by atoms with van der Waals surface area (Å²) in [7, 11) is 0. The minimum absolute atomic E-state index is 0.0583. The second-order valence-corrected chi connectivity index (χ2v) is 5.87. The number of amides is 2. The molecular weight excluding hydrogens is 268 g/mol. The largest absolute Gasteiger partial charge is 0.481 e. The van der Waals surface area contributed by atoms with Gasteiger partial charge in [0.05, 0.1) is 12.0 Å². The van der Waals surface area contributed by atoms with E-state index in [4.69, 9.17) is 5.11 Å². The standard InChI is InChI=1S/C16H22N2O3/c1-10-4-6-13(7-5-10)12(3)17-16(21)18-8-14(9-18)11(2)15(19)20/h4-7,11-12,14H,8-9H2,1-3H3,(H,17,21)(H,19,20). The summed E-state index contributed by atoms with van der Waals surface area (Å²) in [5, 5.41) is 11.9. The maximum atomic E-state index is 12.1. The van der Waals surface area contributed by atoms with E-state index in [2.05, 4.69) is 5.32 Å². The molecule has 1 aromatic rings. The fraction of sp³-hybridized carbons (Fsp3) is 0.500. The number of hydrogen-bond acceptors (Lipinski definition) is 2. The monoisotopic (exact) mass is 290 g/mol. The van der Waals surface area contributed by atoms with Crippen molar-refractivity contribution in [3.05, 3.63) is 35.4 Å². The zero-order valence-electron chi connectivity index (χ0n) is 12.7. The van der Waals surface area contributed by atoms with Crippen LogP contribution in [0.3, 0.4) is 0 Å². The lowest BCUT2D eigenvalue weighted by Crippen LogP contribution is -2.56. The maximum absolute atomic E-state index is 12.1. The zero-order chi connectivity index (χ0) is 15.6. The van der Waals surface area contributed by atoms with Crippen LogP contribution in [0.1, 0.15) is 31.0 Å². The zero-order valence-corrected chi connectivity index (χ0v) is 12.7. The first-order chi connectivity index (χ1) is 9.88. The van der Waals surface area contributed by atoms with E-state index >= 15 is 0 Å². The van der Waals surface area contributed by atoms with E-state index in [9.17, 15) is 9.59 Å². The van der Waals surface area contributed by atoms with Gasteiger partial charge in [0.15, 0.2) is 0 Å². The molecule has 0 aromatic heterocycles. The van der Waals surface area contributed by atoms with Crippen LogP contribution < -0.4 is 5.32 Å². The summed E-state index contributed by atoms with van der Waals surface area (Å²) in [6.45, 7) is 6.69. The van der Waals surface area contributed by atoms with Gasteiger partial charge in [-0.15, -0.1) is 0 Å². The van der Waals surface area contributed by atoms with Gasteiger partial charge in [-0.25, -0.2) is 4.79 Å². The number of urea groups is 1. The Morgan fingerprint density at radius 3 is 2.33 bits per heavy atom. The lowest BCUT2D eigenvalue weighted by molar-refractivity contribution is -0.144. The Kier molecular flexibility index (Phi) is 4.50. The molecule has 0 spiro atoms. The van der Waals surface area contributed by atoms with Gasteiger partial charge >= 0.3 is 12.0 Å². The normalized spacial score (nSPS) is 17.8. The van der Waals surface area contributed by atoms with Gasteiger partial charge in [0, 0.05) is 19.0 Å². The number of carbonyl (C=O) groups excluding carboxylic acids is 1. The van der Waals surface area contributed by atoms with E-state index in [-0.39, 0.29) is 18.0 Å². The highest BCUT2D eigenvalue weighted by molar-refractivity contribution is 5.76. The summed E-state index contributed by atoms with van der Waals surface area (Å²) < 4.78 is 0. The number of rotatable bonds is 4. The molecule has 2 atom stereocenters.